The second kappa shape index (κ2) is 6.62. The fraction of sp³-hybridized carbons (Fsp3) is 0.846. The van der Waals surface area contributed by atoms with Crippen LogP contribution in [-0.2, 0) is 9.59 Å². The largest absolute Gasteiger partial charge is 0.406 e. The van der Waals surface area contributed by atoms with Gasteiger partial charge in [0.1, 0.15) is 6.54 Å². The van der Waals surface area contributed by atoms with Gasteiger partial charge in [0, 0.05) is 26.1 Å². The zero-order chi connectivity index (χ0) is 15.8. The Bertz CT molecular complexity index is 447. The van der Waals surface area contributed by atoms with E-state index in [-0.39, 0.29) is 36.7 Å². The lowest BCUT2D eigenvalue weighted by atomic mass is 9.90. The van der Waals surface area contributed by atoms with E-state index in [0.717, 1.165) is 11.3 Å². The van der Waals surface area contributed by atoms with Gasteiger partial charge in [0.15, 0.2) is 0 Å². The fourth-order valence-corrected chi connectivity index (χ4v) is 2.94. The van der Waals surface area contributed by atoms with Crippen molar-refractivity contribution < 1.29 is 22.8 Å². The maximum absolute atomic E-state index is 12.4. The van der Waals surface area contributed by atoms with Crippen molar-refractivity contribution in [3.63, 3.8) is 0 Å². The van der Waals surface area contributed by atoms with Crippen molar-refractivity contribution in [2.75, 3.05) is 32.7 Å². The first-order valence-corrected chi connectivity index (χ1v) is 6.97. The lowest BCUT2D eigenvalue weighted by Gasteiger charge is -2.24. The van der Waals surface area contributed by atoms with Crippen LogP contribution in [0.3, 0.4) is 0 Å². The second-order valence-corrected chi connectivity index (χ2v) is 6.32. The van der Waals surface area contributed by atoms with E-state index in [1.165, 1.54) is 0 Å². The Morgan fingerprint density at radius 3 is 2.59 bits per heavy atom. The first kappa shape index (κ1) is 19.0. The molecular weight excluding hydrogens is 323 g/mol. The quantitative estimate of drug-likeness (QED) is 0.832. The third-order valence-electron chi connectivity index (χ3n) is 4.30. The molecule has 0 aliphatic carbocycles. The van der Waals surface area contributed by atoms with E-state index in [0.29, 0.717) is 19.6 Å². The van der Waals surface area contributed by atoms with E-state index < -0.39 is 24.5 Å². The Labute approximate surface area is 133 Å². The number of hydrogen-bond donors (Lipinski definition) is 1. The van der Waals surface area contributed by atoms with Crippen LogP contribution in [0.25, 0.3) is 0 Å². The van der Waals surface area contributed by atoms with E-state index in [2.05, 4.69) is 0 Å². The number of carbonyl (C=O) groups is 2. The van der Waals surface area contributed by atoms with Gasteiger partial charge in [-0.25, -0.2) is 0 Å². The van der Waals surface area contributed by atoms with Crippen LogP contribution in [0.4, 0.5) is 13.2 Å². The first-order chi connectivity index (χ1) is 9.63. The zero-order valence-electron chi connectivity index (χ0n) is 12.4. The smallest absolute Gasteiger partial charge is 0.342 e. The van der Waals surface area contributed by atoms with Gasteiger partial charge in [0.05, 0.1) is 5.92 Å². The number of hydrogen-bond acceptors (Lipinski definition) is 3. The summed E-state index contributed by atoms with van der Waals surface area (Å²) >= 11 is 0. The summed E-state index contributed by atoms with van der Waals surface area (Å²) in [7, 11) is 0. The molecule has 0 bridgehead atoms. The monoisotopic (exact) mass is 343 g/mol. The number of likely N-dealkylation sites (tertiary alicyclic amines) is 2. The molecule has 0 spiro atoms. The van der Waals surface area contributed by atoms with Crippen LogP contribution in [0.1, 0.15) is 19.8 Å². The molecule has 2 saturated heterocycles. The lowest BCUT2D eigenvalue weighted by Crippen LogP contribution is -2.39. The number of rotatable bonds is 3. The zero-order valence-corrected chi connectivity index (χ0v) is 13.2. The van der Waals surface area contributed by atoms with E-state index in [4.69, 9.17) is 5.73 Å². The van der Waals surface area contributed by atoms with Crippen molar-refractivity contribution in [1.29, 1.82) is 0 Å². The molecule has 0 radical (unpaired) electrons. The van der Waals surface area contributed by atoms with Crippen LogP contribution in [-0.4, -0.2) is 60.5 Å². The number of carbonyl (C=O) groups excluding carboxylic acids is 2. The van der Waals surface area contributed by atoms with Gasteiger partial charge in [0.2, 0.25) is 11.8 Å². The molecule has 9 heteroatoms. The van der Waals surface area contributed by atoms with E-state index in [1.54, 1.807) is 4.90 Å². The summed E-state index contributed by atoms with van der Waals surface area (Å²) in [6, 6.07) is 0. The molecule has 2 aliphatic heterocycles. The highest BCUT2D eigenvalue weighted by molar-refractivity contribution is 5.89. The average molecular weight is 344 g/mol. The summed E-state index contributed by atoms with van der Waals surface area (Å²) in [5, 5.41) is 0. The van der Waals surface area contributed by atoms with Crippen LogP contribution in [0, 0.1) is 11.3 Å². The number of nitrogens with two attached hydrogens (primary N) is 1. The second-order valence-electron chi connectivity index (χ2n) is 6.32. The minimum absolute atomic E-state index is 0. The summed E-state index contributed by atoms with van der Waals surface area (Å²) in [6.45, 7) is 2.07. The van der Waals surface area contributed by atoms with Gasteiger partial charge < -0.3 is 15.5 Å². The Morgan fingerprint density at radius 1 is 1.45 bits per heavy atom. The summed E-state index contributed by atoms with van der Waals surface area (Å²) in [4.78, 5) is 26.3. The van der Waals surface area contributed by atoms with Gasteiger partial charge >= 0.3 is 6.18 Å². The SMILES string of the molecule is CC1(CN)CCN(C(=O)C2CC(=O)N(CC(F)(F)F)C2)C1.Cl. The van der Waals surface area contributed by atoms with Gasteiger partial charge in [-0.3, -0.25) is 9.59 Å². The predicted molar refractivity (Wildman–Crippen MR) is 76.3 cm³/mol. The molecule has 2 rings (SSSR count). The van der Waals surface area contributed by atoms with Crippen LogP contribution >= 0.6 is 12.4 Å². The van der Waals surface area contributed by atoms with Gasteiger partial charge in [0.25, 0.3) is 0 Å². The summed E-state index contributed by atoms with van der Waals surface area (Å²) in [6.07, 6.45) is -3.79. The highest BCUT2D eigenvalue weighted by Gasteiger charge is 2.43. The van der Waals surface area contributed by atoms with Crippen molar-refractivity contribution >= 4 is 24.2 Å². The molecular formula is C13H21ClF3N3O2. The standard InChI is InChI=1S/C13H20F3N3O2.ClH/c1-12(6-17)2-3-18(7-12)11(21)9-4-10(20)19(5-9)8-13(14,15)16;/h9H,2-8,17H2,1H3;1H. The van der Waals surface area contributed by atoms with Crippen molar-refractivity contribution in [2.24, 2.45) is 17.1 Å². The fourth-order valence-electron chi connectivity index (χ4n) is 2.94. The van der Waals surface area contributed by atoms with Gasteiger partial charge in [-0.1, -0.05) is 6.92 Å². The van der Waals surface area contributed by atoms with Crippen molar-refractivity contribution in [2.45, 2.75) is 25.9 Å². The topological polar surface area (TPSA) is 66.6 Å². The molecule has 2 unspecified atom stereocenters. The summed E-state index contributed by atoms with van der Waals surface area (Å²) in [5.74, 6) is -1.50. The first-order valence-electron chi connectivity index (χ1n) is 6.97. The maximum atomic E-state index is 12.4. The van der Waals surface area contributed by atoms with E-state index >= 15 is 0 Å². The Kier molecular flexibility index (Phi) is 5.72. The van der Waals surface area contributed by atoms with Crippen LogP contribution in [0.2, 0.25) is 0 Å². The van der Waals surface area contributed by atoms with Gasteiger partial charge in [-0.2, -0.15) is 13.2 Å². The molecule has 0 aromatic carbocycles. The summed E-state index contributed by atoms with van der Waals surface area (Å²) < 4.78 is 37.1. The molecule has 22 heavy (non-hydrogen) atoms. The van der Waals surface area contributed by atoms with Crippen LogP contribution in [0.15, 0.2) is 0 Å². The third kappa shape index (κ3) is 4.25. The molecule has 2 aliphatic rings. The number of nitrogens with zero attached hydrogens (tertiary/aromatic N) is 2. The number of amides is 2. The van der Waals surface area contributed by atoms with E-state index in [9.17, 15) is 22.8 Å². The average Bonchev–Trinajstić information content (AvgIpc) is 2.92. The Morgan fingerprint density at radius 2 is 2.09 bits per heavy atom. The molecule has 0 saturated carbocycles. The summed E-state index contributed by atoms with van der Waals surface area (Å²) in [5.41, 5.74) is 5.54. The molecule has 2 atom stereocenters. The van der Waals surface area contributed by atoms with Crippen molar-refractivity contribution in [3.8, 4) is 0 Å². The van der Waals surface area contributed by atoms with Crippen molar-refractivity contribution in [3.05, 3.63) is 0 Å². The molecule has 2 fully saturated rings. The molecule has 2 amide bonds. The number of halogens is 4. The minimum Gasteiger partial charge on any atom is -0.342 e. The van der Waals surface area contributed by atoms with Gasteiger partial charge in [-0.05, 0) is 18.4 Å². The van der Waals surface area contributed by atoms with Crippen molar-refractivity contribution in [1.82, 2.24) is 9.80 Å². The third-order valence-corrected chi connectivity index (χ3v) is 4.30. The van der Waals surface area contributed by atoms with Crippen LogP contribution in [0.5, 0.6) is 0 Å². The highest BCUT2D eigenvalue weighted by atomic mass is 35.5. The number of alkyl halides is 3. The molecule has 2 heterocycles. The lowest BCUT2D eigenvalue weighted by molar-refractivity contribution is -0.157. The molecule has 0 aromatic heterocycles. The highest BCUT2D eigenvalue weighted by Crippen LogP contribution is 2.31. The molecule has 2 N–H and O–H groups in total. The predicted octanol–water partition coefficient (Wildman–Crippen LogP) is 1.02. The Hall–Kier alpha value is -1.02. The maximum Gasteiger partial charge on any atom is 0.406 e. The van der Waals surface area contributed by atoms with Gasteiger partial charge in [-0.15, -0.1) is 12.4 Å². The molecule has 5 nitrogen and oxygen atoms in total. The van der Waals surface area contributed by atoms with E-state index in [1.807, 2.05) is 6.92 Å². The van der Waals surface area contributed by atoms with Crippen LogP contribution < -0.4 is 5.73 Å². The Balaban J connectivity index is 0.00000242. The molecule has 128 valence electrons. The minimum atomic E-state index is -4.43. The molecule has 0 aromatic rings. The normalized spacial score (nSPS) is 29.0.